The van der Waals surface area contributed by atoms with Crippen molar-refractivity contribution in [1.82, 2.24) is 4.98 Å². The van der Waals surface area contributed by atoms with Crippen LogP contribution in [0, 0.1) is 6.92 Å². The van der Waals surface area contributed by atoms with E-state index in [1.165, 1.54) is 0 Å². The third-order valence-corrected chi connectivity index (χ3v) is 3.81. The number of aromatic nitrogens is 1. The second kappa shape index (κ2) is 3.67. The molecule has 1 aliphatic heterocycles. The van der Waals surface area contributed by atoms with Crippen molar-refractivity contribution in [3.8, 4) is 16.9 Å². The second-order valence-electron chi connectivity index (χ2n) is 5.10. The Hall–Kier alpha value is -2.68. The molecule has 0 unspecified atom stereocenters. The van der Waals surface area contributed by atoms with Gasteiger partial charge in [0.15, 0.2) is 0 Å². The van der Waals surface area contributed by atoms with Crippen LogP contribution in [0.3, 0.4) is 0 Å². The number of fused-ring (bicyclic) bond motifs is 4. The highest BCUT2D eigenvalue weighted by Gasteiger charge is 2.20. The van der Waals surface area contributed by atoms with Gasteiger partial charge in [0.05, 0.1) is 16.6 Å². The molecule has 2 heterocycles. The Morgan fingerprint density at radius 1 is 1.15 bits per heavy atom. The minimum absolute atomic E-state index is 0.239. The van der Waals surface area contributed by atoms with Gasteiger partial charge in [-0.1, -0.05) is 18.2 Å². The van der Waals surface area contributed by atoms with E-state index in [9.17, 15) is 5.11 Å². The molecule has 96 valence electrons. The number of phenolic OH excluding ortho intramolecular Hbond substituents is 1. The van der Waals surface area contributed by atoms with Crippen LogP contribution in [0.1, 0.15) is 5.56 Å². The van der Waals surface area contributed by atoms with Crippen molar-refractivity contribution in [2.75, 3.05) is 0 Å². The summed E-state index contributed by atoms with van der Waals surface area (Å²) in [7, 11) is 0. The number of pyridine rings is 1. The van der Waals surface area contributed by atoms with Gasteiger partial charge in [-0.05, 0) is 30.5 Å². The van der Waals surface area contributed by atoms with Crippen molar-refractivity contribution in [3.63, 3.8) is 0 Å². The van der Waals surface area contributed by atoms with Crippen LogP contribution in [-0.4, -0.2) is 10.1 Å². The van der Waals surface area contributed by atoms with Gasteiger partial charge in [-0.2, -0.15) is 0 Å². The van der Waals surface area contributed by atoms with E-state index in [0.29, 0.717) is 0 Å². The third kappa shape index (κ3) is 1.29. The first kappa shape index (κ1) is 11.2. The van der Waals surface area contributed by atoms with Crippen molar-refractivity contribution in [3.05, 3.63) is 52.8 Å². The van der Waals surface area contributed by atoms with Gasteiger partial charge in [-0.15, -0.1) is 0 Å². The Labute approximate surface area is 115 Å². The van der Waals surface area contributed by atoms with Crippen molar-refractivity contribution in [2.45, 2.75) is 6.92 Å². The summed E-state index contributed by atoms with van der Waals surface area (Å²) in [5, 5.41) is 13.8. The van der Waals surface area contributed by atoms with Crippen LogP contribution < -0.4 is 10.6 Å². The van der Waals surface area contributed by atoms with Crippen LogP contribution >= 0.6 is 0 Å². The first-order chi connectivity index (χ1) is 9.66. The van der Waals surface area contributed by atoms with Crippen molar-refractivity contribution < 1.29 is 5.11 Å². The van der Waals surface area contributed by atoms with Gasteiger partial charge in [0.2, 0.25) is 0 Å². The molecule has 3 aromatic rings. The van der Waals surface area contributed by atoms with Crippen molar-refractivity contribution in [1.29, 1.82) is 0 Å². The molecule has 0 aliphatic carbocycles. The van der Waals surface area contributed by atoms with Gasteiger partial charge in [0.25, 0.3) is 0 Å². The summed E-state index contributed by atoms with van der Waals surface area (Å²) in [5.74, 6) is 0.239. The molecule has 2 aromatic carbocycles. The zero-order valence-corrected chi connectivity index (χ0v) is 11.0. The molecule has 0 spiro atoms. The molecule has 20 heavy (non-hydrogen) atoms. The third-order valence-electron chi connectivity index (χ3n) is 3.81. The summed E-state index contributed by atoms with van der Waals surface area (Å²) in [5.41, 5.74) is 3.76. The quantitative estimate of drug-likeness (QED) is 0.528. The Kier molecular flexibility index (Phi) is 2.05. The van der Waals surface area contributed by atoms with Crippen LogP contribution in [0.15, 0.2) is 41.7 Å². The van der Waals surface area contributed by atoms with Gasteiger partial charge >= 0.3 is 0 Å². The highest BCUT2D eigenvalue weighted by Crippen LogP contribution is 2.39. The van der Waals surface area contributed by atoms with E-state index in [4.69, 9.17) is 0 Å². The summed E-state index contributed by atoms with van der Waals surface area (Å²) >= 11 is 0. The number of hydrogen-bond donors (Lipinski definition) is 1. The maximum absolute atomic E-state index is 10.6. The Balaban J connectivity index is 2.27. The second-order valence-corrected chi connectivity index (χ2v) is 5.10. The van der Waals surface area contributed by atoms with E-state index < -0.39 is 0 Å². The fraction of sp³-hybridized carbons (Fsp3) is 0.0588. The average molecular weight is 260 g/mol. The van der Waals surface area contributed by atoms with Crippen LogP contribution in [0.25, 0.3) is 28.5 Å². The Bertz CT molecular complexity index is 990. The minimum atomic E-state index is 0.239. The predicted molar refractivity (Wildman–Crippen MR) is 79.5 cm³/mol. The molecule has 3 nitrogen and oxygen atoms in total. The molecule has 0 saturated heterocycles. The lowest BCUT2D eigenvalue weighted by molar-refractivity contribution is 0.483. The van der Waals surface area contributed by atoms with Crippen LogP contribution in [0.5, 0.6) is 5.75 Å². The van der Waals surface area contributed by atoms with Crippen molar-refractivity contribution in [2.24, 2.45) is 4.99 Å². The lowest BCUT2D eigenvalue weighted by atomic mass is 9.98. The first-order valence-corrected chi connectivity index (χ1v) is 6.44. The summed E-state index contributed by atoms with van der Waals surface area (Å²) < 4.78 is 0. The van der Waals surface area contributed by atoms with E-state index in [1.807, 2.05) is 31.2 Å². The van der Waals surface area contributed by atoms with Crippen LogP contribution in [0.4, 0.5) is 5.69 Å². The fourth-order valence-electron chi connectivity index (χ4n) is 2.82. The van der Waals surface area contributed by atoms with Gasteiger partial charge < -0.3 is 5.11 Å². The van der Waals surface area contributed by atoms with Crippen LogP contribution in [0.2, 0.25) is 0 Å². The molecular weight excluding hydrogens is 248 g/mol. The molecule has 1 aromatic heterocycles. The number of rotatable bonds is 0. The topological polar surface area (TPSA) is 45.5 Å². The van der Waals surface area contributed by atoms with E-state index in [2.05, 4.69) is 16.6 Å². The largest absolute Gasteiger partial charge is 0.507 e. The molecule has 4 rings (SSSR count). The van der Waals surface area contributed by atoms with E-state index in [-0.39, 0.29) is 5.75 Å². The number of benzene rings is 2. The standard InChI is InChI=1S/C17H12N2O/c1-9-3-4-14-12(7-9)15-16(19-14)10(2)11-5-6-18-8-13(11)17(15)20/h3-8,20H,2H2,1H3. The van der Waals surface area contributed by atoms with Gasteiger partial charge in [-0.25, -0.2) is 4.99 Å². The number of aromatic hydroxyl groups is 1. The summed E-state index contributed by atoms with van der Waals surface area (Å²) in [6, 6.07) is 7.91. The number of hydrogen-bond acceptors (Lipinski definition) is 3. The monoisotopic (exact) mass is 260 g/mol. The Morgan fingerprint density at radius 3 is 2.85 bits per heavy atom. The summed E-state index contributed by atoms with van der Waals surface area (Å²) in [6.07, 6.45) is 3.38. The normalized spacial score (nSPS) is 12.1. The molecule has 0 amide bonds. The average Bonchev–Trinajstić information content (AvgIpc) is 2.84. The molecular formula is C17H12N2O. The predicted octanol–water partition coefficient (Wildman–Crippen LogP) is 2.59. The van der Waals surface area contributed by atoms with E-state index >= 15 is 0 Å². The Morgan fingerprint density at radius 2 is 2.00 bits per heavy atom. The first-order valence-electron chi connectivity index (χ1n) is 6.44. The van der Waals surface area contributed by atoms with Gasteiger partial charge in [-0.3, -0.25) is 4.98 Å². The van der Waals surface area contributed by atoms with Crippen molar-refractivity contribution >= 4 is 23.0 Å². The molecule has 1 aliphatic rings. The molecule has 0 bridgehead atoms. The zero-order valence-electron chi connectivity index (χ0n) is 11.0. The number of aryl methyl sites for hydroxylation is 1. The maximum atomic E-state index is 10.6. The fourth-order valence-corrected chi connectivity index (χ4v) is 2.82. The lowest BCUT2D eigenvalue weighted by Crippen LogP contribution is -2.24. The zero-order chi connectivity index (χ0) is 13.9. The van der Waals surface area contributed by atoms with E-state index in [0.717, 1.165) is 43.7 Å². The molecule has 0 radical (unpaired) electrons. The summed E-state index contributed by atoms with van der Waals surface area (Å²) in [4.78, 5) is 8.72. The molecule has 0 fully saturated rings. The minimum Gasteiger partial charge on any atom is -0.507 e. The van der Waals surface area contributed by atoms with Crippen LogP contribution in [-0.2, 0) is 0 Å². The number of phenols is 1. The molecule has 0 atom stereocenters. The maximum Gasteiger partial charge on any atom is 0.135 e. The van der Waals surface area contributed by atoms with Gasteiger partial charge in [0.1, 0.15) is 5.75 Å². The SMILES string of the molecule is C=c1c2c(c(O)c3cnccc13)-c1cc(C)ccc1N=2. The molecule has 0 saturated carbocycles. The molecule has 3 heteroatoms. The summed E-state index contributed by atoms with van der Waals surface area (Å²) in [6.45, 7) is 6.17. The van der Waals surface area contributed by atoms with E-state index in [1.54, 1.807) is 12.4 Å². The smallest absolute Gasteiger partial charge is 0.135 e. The molecule has 1 N–H and O–H groups in total. The number of nitrogens with zero attached hydrogens (tertiary/aromatic N) is 2. The van der Waals surface area contributed by atoms with Gasteiger partial charge in [0, 0.05) is 28.6 Å². The lowest BCUT2D eigenvalue weighted by Gasteiger charge is -2.07. The highest BCUT2D eigenvalue weighted by molar-refractivity contribution is 5.97. The highest BCUT2D eigenvalue weighted by atomic mass is 16.3.